The average molecular weight is 507 g/mol. The normalized spacial score (nSPS) is 16.7. The van der Waals surface area contributed by atoms with E-state index < -0.39 is 0 Å². The Morgan fingerprint density at radius 3 is 2.68 bits per heavy atom. The number of piperidine rings is 1. The zero-order valence-corrected chi connectivity index (χ0v) is 21.7. The van der Waals surface area contributed by atoms with Crippen LogP contribution >= 0.6 is 0 Å². The molecule has 1 aliphatic carbocycles. The number of imidazole rings is 1. The fraction of sp³-hybridized carbons (Fsp3) is 0.400. The third-order valence-corrected chi connectivity index (χ3v) is 8.15. The maximum atomic E-state index is 5.02. The number of para-hydroxylation sites is 1. The molecule has 0 bridgehead atoms. The lowest BCUT2D eigenvalue weighted by Crippen LogP contribution is -2.29. The molecule has 0 radical (unpaired) electrons. The first-order valence-corrected chi connectivity index (χ1v) is 14.1. The zero-order chi connectivity index (χ0) is 25.3. The molecule has 2 fully saturated rings. The van der Waals surface area contributed by atoms with Gasteiger partial charge in [-0.05, 0) is 80.5 Å². The molecule has 38 heavy (non-hydrogen) atoms. The Morgan fingerprint density at radius 1 is 0.895 bits per heavy atom. The van der Waals surface area contributed by atoms with Crippen molar-refractivity contribution in [2.24, 2.45) is 5.92 Å². The van der Waals surface area contributed by atoms with Crippen molar-refractivity contribution in [2.75, 3.05) is 24.5 Å². The van der Waals surface area contributed by atoms with Gasteiger partial charge in [0.05, 0.1) is 22.4 Å². The van der Waals surface area contributed by atoms with Gasteiger partial charge in [0.2, 0.25) is 0 Å². The molecule has 3 N–H and O–H groups in total. The van der Waals surface area contributed by atoms with Gasteiger partial charge in [-0.3, -0.25) is 10.1 Å². The Bertz CT molecular complexity index is 1560. The van der Waals surface area contributed by atoms with Crippen LogP contribution in [0, 0.1) is 5.92 Å². The number of hydrogen-bond donors (Lipinski definition) is 3. The van der Waals surface area contributed by atoms with Crippen molar-refractivity contribution in [3.8, 4) is 22.8 Å². The van der Waals surface area contributed by atoms with Gasteiger partial charge in [-0.15, -0.1) is 0 Å². The number of nitrogens with zero attached hydrogens (tertiary/aromatic N) is 5. The van der Waals surface area contributed by atoms with E-state index >= 15 is 0 Å². The summed E-state index contributed by atoms with van der Waals surface area (Å²) >= 11 is 0. The van der Waals surface area contributed by atoms with Gasteiger partial charge in [0.15, 0.2) is 11.5 Å². The van der Waals surface area contributed by atoms with Crippen LogP contribution in [0.3, 0.4) is 0 Å². The Balaban J connectivity index is 1.18. The molecular formula is C30H34N8. The quantitative estimate of drug-likeness (QED) is 0.257. The van der Waals surface area contributed by atoms with Crippen LogP contribution in [0.25, 0.3) is 44.8 Å². The summed E-state index contributed by atoms with van der Waals surface area (Å²) < 4.78 is 0. The van der Waals surface area contributed by atoms with Crippen molar-refractivity contribution in [1.29, 1.82) is 0 Å². The van der Waals surface area contributed by atoms with Crippen LogP contribution in [0.15, 0.2) is 48.8 Å². The van der Waals surface area contributed by atoms with Crippen LogP contribution in [-0.2, 0) is 6.54 Å². The highest BCUT2D eigenvalue weighted by Crippen LogP contribution is 2.32. The minimum atomic E-state index is 0.739. The summed E-state index contributed by atoms with van der Waals surface area (Å²) in [7, 11) is 0. The number of fused-ring (bicyclic) bond motifs is 2. The van der Waals surface area contributed by atoms with Crippen LogP contribution in [0.1, 0.15) is 50.5 Å². The van der Waals surface area contributed by atoms with E-state index in [1.807, 2.05) is 24.5 Å². The van der Waals surface area contributed by atoms with Gasteiger partial charge >= 0.3 is 0 Å². The second-order valence-electron chi connectivity index (χ2n) is 10.8. The fourth-order valence-corrected chi connectivity index (χ4v) is 6.10. The lowest BCUT2D eigenvalue weighted by Gasteiger charge is -2.28. The van der Waals surface area contributed by atoms with Crippen molar-refractivity contribution in [3.05, 3.63) is 54.4 Å². The average Bonchev–Trinajstić information content (AvgIpc) is 3.73. The van der Waals surface area contributed by atoms with Crippen molar-refractivity contribution < 1.29 is 0 Å². The van der Waals surface area contributed by atoms with E-state index in [1.54, 1.807) is 0 Å². The van der Waals surface area contributed by atoms with Crippen LogP contribution < -0.4 is 10.2 Å². The number of benzene rings is 1. The largest absolute Gasteiger partial charge is 0.370 e. The van der Waals surface area contributed by atoms with Crippen molar-refractivity contribution >= 4 is 27.8 Å². The third-order valence-electron chi connectivity index (χ3n) is 8.15. The van der Waals surface area contributed by atoms with Crippen LogP contribution in [0.5, 0.6) is 0 Å². The molecule has 1 saturated carbocycles. The maximum Gasteiger partial charge on any atom is 0.161 e. The molecule has 194 valence electrons. The standard InChI is InChI=1S/C30H34N8/c1-4-13-38(14-5-1)26-10-6-9-24-27(26)35-30(34-24)29-28-25(36-37-29)12-11-23(33-28)22-15-21(18-32-19-22)17-31-16-20-7-2-3-8-20/h6,9-12,15,18-20,31H,1-5,7-8,13-14,16-17H2,(H,34,35)(H,36,37). The number of rotatable bonds is 7. The Hall–Kier alpha value is -3.78. The summed E-state index contributed by atoms with van der Waals surface area (Å²) in [5.74, 6) is 1.56. The summed E-state index contributed by atoms with van der Waals surface area (Å²) in [5, 5.41) is 11.4. The van der Waals surface area contributed by atoms with E-state index in [0.29, 0.717) is 0 Å². The molecule has 1 saturated heterocycles. The number of anilines is 1. The first-order chi connectivity index (χ1) is 18.8. The molecule has 4 aromatic heterocycles. The number of nitrogens with one attached hydrogen (secondary N) is 3. The van der Waals surface area contributed by atoms with Gasteiger partial charge in [0.1, 0.15) is 11.0 Å². The summed E-state index contributed by atoms with van der Waals surface area (Å²) in [4.78, 5) is 20.5. The molecule has 8 heteroatoms. The topological polar surface area (TPSA) is 98.4 Å². The predicted octanol–water partition coefficient (Wildman–Crippen LogP) is 5.83. The Kier molecular flexibility index (Phi) is 6.25. The fourth-order valence-electron chi connectivity index (χ4n) is 6.10. The van der Waals surface area contributed by atoms with Crippen molar-refractivity contribution in [2.45, 2.75) is 51.5 Å². The molecule has 1 aromatic carbocycles. The Morgan fingerprint density at radius 2 is 1.79 bits per heavy atom. The van der Waals surface area contributed by atoms with E-state index in [4.69, 9.17) is 9.97 Å². The number of aromatic nitrogens is 6. The zero-order valence-electron chi connectivity index (χ0n) is 21.7. The van der Waals surface area contributed by atoms with Crippen molar-refractivity contribution in [3.63, 3.8) is 0 Å². The summed E-state index contributed by atoms with van der Waals surface area (Å²) in [6.45, 7) is 4.08. The molecule has 0 spiro atoms. The van der Waals surface area contributed by atoms with Gasteiger partial charge in [0, 0.05) is 37.6 Å². The van der Waals surface area contributed by atoms with Gasteiger partial charge in [-0.2, -0.15) is 5.10 Å². The minimum absolute atomic E-state index is 0.739. The summed E-state index contributed by atoms with van der Waals surface area (Å²) in [6.07, 6.45) is 13.1. The highest BCUT2D eigenvalue weighted by atomic mass is 15.2. The first-order valence-electron chi connectivity index (χ1n) is 14.1. The van der Waals surface area contributed by atoms with E-state index in [9.17, 15) is 0 Å². The lowest BCUT2D eigenvalue weighted by atomic mass is 10.1. The highest BCUT2D eigenvalue weighted by molar-refractivity contribution is 5.95. The molecule has 5 heterocycles. The summed E-state index contributed by atoms with van der Waals surface area (Å²) in [6, 6.07) is 12.6. The smallest absolute Gasteiger partial charge is 0.161 e. The molecule has 5 aromatic rings. The molecule has 7 rings (SSSR count). The molecular weight excluding hydrogens is 472 g/mol. The maximum absolute atomic E-state index is 5.02. The molecule has 1 aliphatic heterocycles. The number of hydrogen-bond acceptors (Lipinski definition) is 6. The second kappa shape index (κ2) is 10.2. The van der Waals surface area contributed by atoms with E-state index in [2.05, 4.69) is 54.6 Å². The highest BCUT2D eigenvalue weighted by Gasteiger charge is 2.19. The van der Waals surface area contributed by atoms with Crippen LogP contribution in [0.2, 0.25) is 0 Å². The molecule has 0 atom stereocenters. The summed E-state index contributed by atoms with van der Waals surface area (Å²) in [5.41, 5.74) is 8.74. The SMILES string of the molecule is c1cc(N2CCCCC2)c2nc(-c3n[nH]c4ccc(-c5cncc(CNCC6CCCC6)c5)nc34)[nH]c2c1. The second-order valence-corrected chi connectivity index (χ2v) is 10.8. The third kappa shape index (κ3) is 4.53. The Labute approximate surface area is 222 Å². The van der Waals surface area contributed by atoms with Gasteiger partial charge < -0.3 is 15.2 Å². The number of pyridine rings is 2. The molecule has 2 aliphatic rings. The van der Waals surface area contributed by atoms with Crippen LogP contribution in [0.4, 0.5) is 5.69 Å². The minimum Gasteiger partial charge on any atom is -0.370 e. The van der Waals surface area contributed by atoms with Gasteiger partial charge in [-0.25, -0.2) is 9.97 Å². The molecule has 0 unspecified atom stereocenters. The number of H-pyrrole nitrogens is 2. The number of aromatic amines is 2. The van der Waals surface area contributed by atoms with Gasteiger partial charge in [-0.1, -0.05) is 18.9 Å². The first kappa shape index (κ1) is 23.3. The lowest BCUT2D eigenvalue weighted by molar-refractivity contribution is 0.489. The predicted molar refractivity (Wildman–Crippen MR) is 152 cm³/mol. The van der Waals surface area contributed by atoms with E-state index in [0.717, 1.165) is 76.9 Å². The van der Waals surface area contributed by atoms with Gasteiger partial charge in [0.25, 0.3) is 0 Å². The van der Waals surface area contributed by atoms with Crippen LogP contribution in [-0.4, -0.2) is 49.8 Å². The molecule has 0 amide bonds. The van der Waals surface area contributed by atoms with Crippen molar-refractivity contribution in [1.82, 2.24) is 35.5 Å². The van der Waals surface area contributed by atoms with E-state index in [1.165, 1.54) is 56.2 Å². The monoisotopic (exact) mass is 506 g/mol. The van der Waals surface area contributed by atoms with E-state index in [-0.39, 0.29) is 0 Å². The molecule has 8 nitrogen and oxygen atoms in total.